The third-order valence-electron chi connectivity index (χ3n) is 1.72. The van der Waals surface area contributed by atoms with Crippen LogP contribution in [0.1, 0.15) is 6.92 Å². The molecule has 8 heteroatoms. The van der Waals surface area contributed by atoms with E-state index in [1.54, 1.807) is 6.92 Å². The van der Waals surface area contributed by atoms with Crippen LogP contribution in [-0.4, -0.2) is 35.5 Å². The van der Waals surface area contributed by atoms with Gasteiger partial charge >= 0.3 is 12.3 Å². The number of rotatable bonds is 6. The van der Waals surface area contributed by atoms with Gasteiger partial charge < -0.3 is 10.1 Å². The Morgan fingerprint density at radius 2 is 2.18 bits per heavy atom. The first-order valence-corrected chi connectivity index (χ1v) is 4.81. The van der Waals surface area contributed by atoms with Gasteiger partial charge in [-0.15, -0.1) is 0 Å². The molecule has 4 nitrogen and oxygen atoms in total. The Balaban J connectivity index is 2.60. The zero-order valence-corrected chi connectivity index (χ0v) is 8.96. The van der Waals surface area contributed by atoms with E-state index in [2.05, 4.69) is 9.97 Å². The van der Waals surface area contributed by atoms with Gasteiger partial charge in [-0.2, -0.15) is 13.8 Å². The molecular weight excluding hydrogens is 242 g/mol. The average Bonchev–Trinajstić information content (AvgIpc) is 2.27. The molecule has 0 fully saturated rings. The Morgan fingerprint density at radius 1 is 1.47 bits per heavy atom. The van der Waals surface area contributed by atoms with Crippen LogP contribution < -0.4 is 10.1 Å². The molecule has 1 aromatic heterocycles. The predicted octanol–water partition coefficient (Wildman–Crippen LogP) is 2.19. The number of nitrogens with zero attached hydrogens (tertiary/aromatic N) is 2. The molecule has 96 valence electrons. The second-order valence-electron chi connectivity index (χ2n) is 3.07. The van der Waals surface area contributed by atoms with Crippen molar-refractivity contribution in [3.8, 4) is 5.88 Å². The average molecular weight is 253 g/mol. The summed E-state index contributed by atoms with van der Waals surface area (Å²) in [6, 6.07) is 1.43. The van der Waals surface area contributed by atoms with Gasteiger partial charge in [0.2, 0.25) is 11.8 Å². The van der Waals surface area contributed by atoms with Gasteiger partial charge in [-0.3, -0.25) is 0 Å². The van der Waals surface area contributed by atoms with Crippen molar-refractivity contribution in [2.45, 2.75) is 19.3 Å². The minimum Gasteiger partial charge on any atom is -0.478 e. The highest BCUT2D eigenvalue weighted by Crippen LogP contribution is 2.22. The standard InChI is InChI=1S/C9H11F4N3O/c1-2-17-6-3-4-14-8(16-6)15-5-9(12,13)7(10)11/h3-4,7H,2,5H2,1H3,(H,14,15,16). The van der Waals surface area contributed by atoms with Crippen LogP contribution in [0.2, 0.25) is 0 Å². The number of anilines is 1. The van der Waals surface area contributed by atoms with Gasteiger partial charge in [0.25, 0.3) is 0 Å². The van der Waals surface area contributed by atoms with E-state index in [4.69, 9.17) is 4.74 Å². The molecule has 0 saturated heterocycles. The van der Waals surface area contributed by atoms with Gasteiger partial charge in [-0.05, 0) is 6.92 Å². The maximum atomic E-state index is 12.6. The lowest BCUT2D eigenvalue weighted by Gasteiger charge is -2.15. The molecule has 0 aliphatic carbocycles. The molecule has 1 heterocycles. The van der Waals surface area contributed by atoms with Crippen LogP contribution in [0.15, 0.2) is 12.3 Å². The maximum Gasteiger partial charge on any atom is 0.324 e. The van der Waals surface area contributed by atoms with Crippen LogP contribution in [-0.2, 0) is 0 Å². The molecule has 0 unspecified atom stereocenters. The minimum atomic E-state index is -4.12. The number of halogens is 4. The normalized spacial score (nSPS) is 11.6. The second kappa shape index (κ2) is 5.65. The molecule has 1 rings (SSSR count). The highest BCUT2D eigenvalue weighted by molar-refractivity contribution is 5.27. The number of aromatic nitrogens is 2. The van der Waals surface area contributed by atoms with Gasteiger partial charge in [-0.25, -0.2) is 13.8 Å². The third-order valence-corrected chi connectivity index (χ3v) is 1.72. The largest absolute Gasteiger partial charge is 0.478 e. The Kier molecular flexibility index (Phi) is 4.47. The highest BCUT2D eigenvalue weighted by atomic mass is 19.3. The fraction of sp³-hybridized carbons (Fsp3) is 0.556. The zero-order chi connectivity index (χ0) is 12.9. The van der Waals surface area contributed by atoms with Crippen molar-refractivity contribution >= 4 is 5.95 Å². The van der Waals surface area contributed by atoms with E-state index in [1.807, 2.05) is 5.32 Å². The summed E-state index contributed by atoms with van der Waals surface area (Å²) in [5.41, 5.74) is 0. The lowest BCUT2D eigenvalue weighted by atomic mass is 10.3. The van der Waals surface area contributed by atoms with Crippen molar-refractivity contribution in [2.75, 3.05) is 18.5 Å². The van der Waals surface area contributed by atoms with Crippen LogP contribution in [0.5, 0.6) is 5.88 Å². The molecule has 1 N–H and O–H groups in total. The first kappa shape index (κ1) is 13.5. The van der Waals surface area contributed by atoms with E-state index in [1.165, 1.54) is 12.3 Å². The number of hydrogen-bond acceptors (Lipinski definition) is 4. The molecule has 0 bridgehead atoms. The van der Waals surface area contributed by atoms with Gasteiger partial charge in [-0.1, -0.05) is 0 Å². The Labute approximate surface area is 95.0 Å². The molecule has 0 radical (unpaired) electrons. The summed E-state index contributed by atoms with van der Waals surface area (Å²) in [5, 5.41) is 2.03. The second-order valence-corrected chi connectivity index (χ2v) is 3.07. The first-order chi connectivity index (χ1) is 7.95. The zero-order valence-electron chi connectivity index (χ0n) is 8.96. The van der Waals surface area contributed by atoms with Crippen molar-refractivity contribution in [2.24, 2.45) is 0 Å². The third kappa shape index (κ3) is 4.04. The lowest BCUT2D eigenvalue weighted by molar-refractivity contribution is -0.117. The van der Waals surface area contributed by atoms with Gasteiger partial charge in [0, 0.05) is 12.3 Å². The Bertz CT molecular complexity index is 362. The molecule has 0 atom stereocenters. The van der Waals surface area contributed by atoms with Crippen LogP contribution in [0, 0.1) is 0 Å². The number of hydrogen-bond donors (Lipinski definition) is 1. The molecule has 0 aliphatic heterocycles. The lowest BCUT2D eigenvalue weighted by Crippen LogP contribution is -2.35. The topological polar surface area (TPSA) is 47.0 Å². The fourth-order valence-electron chi connectivity index (χ4n) is 0.930. The highest BCUT2D eigenvalue weighted by Gasteiger charge is 2.40. The SMILES string of the molecule is CCOc1ccnc(NCC(F)(F)C(F)F)n1. The van der Waals surface area contributed by atoms with E-state index >= 15 is 0 Å². The van der Waals surface area contributed by atoms with Crippen LogP contribution in [0.25, 0.3) is 0 Å². The summed E-state index contributed by atoms with van der Waals surface area (Å²) >= 11 is 0. The van der Waals surface area contributed by atoms with E-state index < -0.39 is 18.9 Å². The van der Waals surface area contributed by atoms with Crippen molar-refractivity contribution in [3.05, 3.63) is 12.3 Å². The maximum absolute atomic E-state index is 12.6. The smallest absolute Gasteiger partial charge is 0.324 e. The summed E-state index contributed by atoms with van der Waals surface area (Å²) in [6.45, 7) is 0.837. The molecule has 0 saturated carbocycles. The van der Waals surface area contributed by atoms with Crippen LogP contribution in [0.4, 0.5) is 23.5 Å². The van der Waals surface area contributed by atoms with E-state index in [-0.39, 0.29) is 11.8 Å². The predicted molar refractivity (Wildman–Crippen MR) is 52.6 cm³/mol. The van der Waals surface area contributed by atoms with E-state index in [9.17, 15) is 17.6 Å². The number of nitrogens with one attached hydrogen (secondary N) is 1. The first-order valence-electron chi connectivity index (χ1n) is 4.81. The van der Waals surface area contributed by atoms with Gasteiger partial charge in [0.15, 0.2) is 0 Å². The molecule has 0 amide bonds. The monoisotopic (exact) mass is 253 g/mol. The summed E-state index contributed by atoms with van der Waals surface area (Å²) < 4.78 is 53.9. The Morgan fingerprint density at radius 3 is 2.76 bits per heavy atom. The molecule has 0 aliphatic rings. The molecule has 1 aromatic rings. The number of alkyl halides is 4. The summed E-state index contributed by atoms with van der Waals surface area (Å²) in [6.07, 6.45) is -2.45. The van der Waals surface area contributed by atoms with Gasteiger partial charge in [0.05, 0.1) is 13.2 Å². The van der Waals surface area contributed by atoms with Crippen molar-refractivity contribution in [1.29, 1.82) is 0 Å². The Hall–Kier alpha value is -1.60. The van der Waals surface area contributed by atoms with Crippen molar-refractivity contribution < 1.29 is 22.3 Å². The molecule has 17 heavy (non-hydrogen) atoms. The summed E-state index contributed by atoms with van der Waals surface area (Å²) in [7, 11) is 0. The molecule has 0 aromatic carbocycles. The van der Waals surface area contributed by atoms with Crippen molar-refractivity contribution in [3.63, 3.8) is 0 Å². The quantitative estimate of drug-likeness (QED) is 0.789. The minimum absolute atomic E-state index is 0.184. The molecule has 0 spiro atoms. The fourth-order valence-corrected chi connectivity index (χ4v) is 0.930. The summed E-state index contributed by atoms with van der Waals surface area (Å²) in [5.74, 6) is -4.12. The van der Waals surface area contributed by atoms with E-state index in [0.717, 1.165) is 0 Å². The van der Waals surface area contributed by atoms with Crippen molar-refractivity contribution in [1.82, 2.24) is 9.97 Å². The summed E-state index contributed by atoms with van der Waals surface area (Å²) in [4.78, 5) is 7.31. The molecular formula is C9H11F4N3O. The van der Waals surface area contributed by atoms with Gasteiger partial charge in [0.1, 0.15) is 0 Å². The van der Waals surface area contributed by atoms with Crippen LogP contribution >= 0.6 is 0 Å². The van der Waals surface area contributed by atoms with E-state index in [0.29, 0.717) is 6.61 Å². The van der Waals surface area contributed by atoms with Crippen LogP contribution in [0.3, 0.4) is 0 Å². The number of ether oxygens (including phenoxy) is 1.